The molecule has 0 aliphatic carbocycles. The lowest BCUT2D eigenvalue weighted by atomic mass is 9.82. The number of fused-ring (bicyclic) bond motifs is 1. The van der Waals surface area contributed by atoms with Crippen LogP contribution in [0.2, 0.25) is 0 Å². The summed E-state index contributed by atoms with van der Waals surface area (Å²) in [5, 5.41) is 10.4. The van der Waals surface area contributed by atoms with E-state index in [1.807, 2.05) is 42.2 Å². The first-order chi connectivity index (χ1) is 10.1. The number of benzene rings is 1. The highest BCUT2D eigenvalue weighted by Crippen LogP contribution is 2.30. The van der Waals surface area contributed by atoms with Gasteiger partial charge in [0.2, 0.25) is 0 Å². The van der Waals surface area contributed by atoms with E-state index in [0.717, 1.165) is 30.3 Å². The first-order valence-electron chi connectivity index (χ1n) is 7.37. The van der Waals surface area contributed by atoms with Crippen LogP contribution in [0.3, 0.4) is 0 Å². The number of pyridine rings is 1. The molecule has 1 saturated heterocycles. The van der Waals surface area contributed by atoms with Crippen molar-refractivity contribution in [2.24, 2.45) is 5.41 Å². The molecule has 0 bridgehead atoms. The van der Waals surface area contributed by atoms with Crippen LogP contribution in [0.1, 0.15) is 30.1 Å². The predicted molar refractivity (Wildman–Crippen MR) is 82.1 cm³/mol. The highest BCUT2D eigenvalue weighted by Gasteiger charge is 2.33. The van der Waals surface area contributed by atoms with E-state index in [4.69, 9.17) is 0 Å². The van der Waals surface area contributed by atoms with Gasteiger partial charge in [-0.05, 0) is 31.0 Å². The predicted octanol–water partition coefficient (Wildman–Crippen LogP) is 2.47. The standard InChI is InChI=1S/C17H20N2O2/c1-17(12-20)8-4-10-19(11-17)16(21)14-5-2-7-15-13(14)6-3-9-18-15/h2-3,5-7,9,20H,4,8,10-12H2,1H3. The maximum atomic E-state index is 12.8. The maximum absolute atomic E-state index is 12.8. The number of piperidine rings is 1. The average molecular weight is 284 g/mol. The molecule has 1 aromatic carbocycles. The van der Waals surface area contributed by atoms with Gasteiger partial charge in [0.15, 0.2) is 0 Å². The van der Waals surface area contributed by atoms with Gasteiger partial charge in [0, 0.05) is 35.7 Å². The molecule has 1 amide bonds. The van der Waals surface area contributed by atoms with Crippen LogP contribution in [0.5, 0.6) is 0 Å². The van der Waals surface area contributed by atoms with Crippen LogP contribution in [0.25, 0.3) is 10.9 Å². The number of hydrogen-bond acceptors (Lipinski definition) is 3. The molecule has 21 heavy (non-hydrogen) atoms. The fourth-order valence-corrected chi connectivity index (χ4v) is 3.08. The third kappa shape index (κ3) is 2.63. The van der Waals surface area contributed by atoms with Crippen LogP contribution >= 0.6 is 0 Å². The normalized spacial score (nSPS) is 22.5. The number of likely N-dealkylation sites (tertiary alicyclic amines) is 1. The van der Waals surface area contributed by atoms with Gasteiger partial charge < -0.3 is 10.0 Å². The van der Waals surface area contributed by atoms with E-state index in [2.05, 4.69) is 4.98 Å². The van der Waals surface area contributed by atoms with Gasteiger partial charge in [-0.2, -0.15) is 0 Å². The third-order valence-electron chi connectivity index (χ3n) is 4.33. The van der Waals surface area contributed by atoms with Gasteiger partial charge in [-0.1, -0.05) is 19.1 Å². The average Bonchev–Trinajstić information content (AvgIpc) is 2.54. The number of carbonyl (C=O) groups is 1. The highest BCUT2D eigenvalue weighted by molar-refractivity contribution is 6.06. The molecule has 3 rings (SSSR count). The SMILES string of the molecule is CC1(CO)CCCN(C(=O)c2cccc3ncccc23)C1. The summed E-state index contributed by atoms with van der Waals surface area (Å²) in [6, 6.07) is 9.44. The van der Waals surface area contributed by atoms with Crippen molar-refractivity contribution in [2.75, 3.05) is 19.7 Å². The molecule has 4 nitrogen and oxygen atoms in total. The number of aliphatic hydroxyl groups excluding tert-OH is 1. The Bertz CT molecular complexity index is 665. The summed E-state index contributed by atoms with van der Waals surface area (Å²) in [4.78, 5) is 19.0. The molecule has 110 valence electrons. The van der Waals surface area contributed by atoms with E-state index in [0.29, 0.717) is 12.1 Å². The molecule has 1 N–H and O–H groups in total. The maximum Gasteiger partial charge on any atom is 0.254 e. The molecule has 0 radical (unpaired) electrons. The minimum Gasteiger partial charge on any atom is -0.396 e. The summed E-state index contributed by atoms with van der Waals surface area (Å²) in [5.41, 5.74) is 1.35. The Morgan fingerprint density at radius 3 is 3.05 bits per heavy atom. The summed E-state index contributed by atoms with van der Waals surface area (Å²) in [5.74, 6) is 0.0352. The number of hydrogen-bond donors (Lipinski definition) is 1. The Labute approximate surface area is 124 Å². The molecule has 1 atom stereocenters. The first kappa shape index (κ1) is 14.0. The molecule has 1 aliphatic heterocycles. The lowest BCUT2D eigenvalue weighted by Crippen LogP contribution is -2.46. The van der Waals surface area contributed by atoms with Crippen LogP contribution in [0, 0.1) is 5.41 Å². The number of amides is 1. The third-order valence-corrected chi connectivity index (χ3v) is 4.33. The minimum atomic E-state index is -0.184. The van der Waals surface area contributed by atoms with E-state index >= 15 is 0 Å². The lowest BCUT2D eigenvalue weighted by Gasteiger charge is -2.39. The number of aromatic nitrogens is 1. The molecular formula is C17H20N2O2. The van der Waals surface area contributed by atoms with Crippen molar-refractivity contribution in [2.45, 2.75) is 19.8 Å². The molecule has 2 aromatic rings. The van der Waals surface area contributed by atoms with Crippen LogP contribution < -0.4 is 0 Å². The zero-order valence-electron chi connectivity index (χ0n) is 12.2. The molecule has 1 aromatic heterocycles. The monoisotopic (exact) mass is 284 g/mol. The van der Waals surface area contributed by atoms with Crippen molar-refractivity contribution in [1.82, 2.24) is 9.88 Å². The van der Waals surface area contributed by atoms with Gasteiger partial charge in [0.25, 0.3) is 5.91 Å². The van der Waals surface area contributed by atoms with Crippen molar-refractivity contribution in [3.05, 3.63) is 42.1 Å². The Kier molecular flexibility index (Phi) is 3.64. The van der Waals surface area contributed by atoms with E-state index in [9.17, 15) is 9.90 Å². The van der Waals surface area contributed by atoms with E-state index < -0.39 is 0 Å². The topological polar surface area (TPSA) is 53.4 Å². The van der Waals surface area contributed by atoms with E-state index in [1.165, 1.54) is 0 Å². The second-order valence-corrected chi connectivity index (χ2v) is 6.17. The Balaban J connectivity index is 1.94. The summed E-state index contributed by atoms with van der Waals surface area (Å²) in [6.45, 7) is 3.52. The minimum absolute atomic E-state index is 0.0352. The van der Waals surface area contributed by atoms with Crippen molar-refractivity contribution >= 4 is 16.8 Å². The molecular weight excluding hydrogens is 264 g/mol. The second-order valence-electron chi connectivity index (χ2n) is 6.17. The molecule has 1 aliphatic rings. The second kappa shape index (κ2) is 5.45. The quantitative estimate of drug-likeness (QED) is 0.921. The highest BCUT2D eigenvalue weighted by atomic mass is 16.3. The van der Waals surface area contributed by atoms with Gasteiger partial charge in [0.05, 0.1) is 12.1 Å². The van der Waals surface area contributed by atoms with E-state index in [1.54, 1.807) is 6.20 Å². The van der Waals surface area contributed by atoms with Crippen LogP contribution in [-0.4, -0.2) is 40.6 Å². The Morgan fingerprint density at radius 1 is 1.38 bits per heavy atom. The van der Waals surface area contributed by atoms with Gasteiger partial charge in [-0.3, -0.25) is 9.78 Å². The summed E-state index contributed by atoms with van der Waals surface area (Å²) in [7, 11) is 0. The van der Waals surface area contributed by atoms with Gasteiger partial charge >= 0.3 is 0 Å². The molecule has 1 unspecified atom stereocenters. The molecule has 4 heteroatoms. The van der Waals surface area contributed by atoms with Crippen molar-refractivity contribution in [1.29, 1.82) is 0 Å². The van der Waals surface area contributed by atoms with Crippen LogP contribution in [-0.2, 0) is 0 Å². The van der Waals surface area contributed by atoms with Crippen molar-refractivity contribution in [3.63, 3.8) is 0 Å². The number of nitrogens with zero attached hydrogens (tertiary/aromatic N) is 2. The van der Waals surface area contributed by atoms with Gasteiger partial charge in [-0.15, -0.1) is 0 Å². The number of rotatable bonds is 2. The molecule has 0 spiro atoms. The number of aliphatic hydroxyl groups is 1. The zero-order valence-corrected chi connectivity index (χ0v) is 12.2. The van der Waals surface area contributed by atoms with Crippen molar-refractivity contribution in [3.8, 4) is 0 Å². The molecule has 1 fully saturated rings. The number of carbonyl (C=O) groups excluding carboxylic acids is 1. The van der Waals surface area contributed by atoms with Gasteiger partial charge in [0.1, 0.15) is 0 Å². The summed E-state index contributed by atoms with van der Waals surface area (Å²) < 4.78 is 0. The van der Waals surface area contributed by atoms with Gasteiger partial charge in [-0.25, -0.2) is 0 Å². The zero-order chi connectivity index (χ0) is 14.9. The molecule has 0 saturated carbocycles. The largest absolute Gasteiger partial charge is 0.396 e. The first-order valence-corrected chi connectivity index (χ1v) is 7.37. The van der Waals surface area contributed by atoms with Crippen LogP contribution in [0.15, 0.2) is 36.5 Å². The summed E-state index contributed by atoms with van der Waals surface area (Å²) >= 11 is 0. The smallest absolute Gasteiger partial charge is 0.254 e. The fourth-order valence-electron chi connectivity index (χ4n) is 3.08. The Hall–Kier alpha value is -1.94. The Morgan fingerprint density at radius 2 is 2.24 bits per heavy atom. The van der Waals surface area contributed by atoms with Crippen molar-refractivity contribution < 1.29 is 9.90 Å². The van der Waals surface area contributed by atoms with E-state index in [-0.39, 0.29) is 17.9 Å². The fraction of sp³-hybridized carbons (Fsp3) is 0.412. The lowest BCUT2D eigenvalue weighted by molar-refractivity contribution is 0.0359. The van der Waals surface area contributed by atoms with Crippen LogP contribution in [0.4, 0.5) is 0 Å². The summed E-state index contributed by atoms with van der Waals surface area (Å²) in [6.07, 6.45) is 3.64. The molecule has 2 heterocycles.